The predicted molar refractivity (Wildman–Crippen MR) is 68.0 cm³/mol. The van der Waals surface area contributed by atoms with Gasteiger partial charge >= 0.3 is 0 Å². The maximum absolute atomic E-state index is 4.26. The molecule has 16 heavy (non-hydrogen) atoms. The predicted octanol–water partition coefficient (Wildman–Crippen LogP) is 3.71. The first-order valence-corrected chi connectivity index (χ1v) is 6.01. The molecule has 1 aliphatic carbocycles. The summed E-state index contributed by atoms with van der Waals surface area (Å²) in [5, 5.41) is 4.26. The van der Waals surface area contributed by atoms with Crippen LogP contribution in [0.5, 0.6) is 0 Å². The molecule has 0 N–H and O–H groups in total. The Bertz CT molecular complexity index is 461. The van der Waals surface area contributed by atoms with Gasteiger partial charge in [-0.05, 0) is 49.8 Å². The molecule has 1 aliphatic rings. The molecule has 0 radical (unpaired) electrons. The molecule has 2 heteroatoms. The molecule has 0 saturated carbocycles. The molecule has 0 amide bonds. The molecule has 86 valence electrons. The summed E-state index contributed by atoms with van der Waals surface area (Å²) in [6, 6.07) is 0. The second-order valence-corrected chi connectivity index (χ2v) is 4.59. The lowest BCUT2D eigenvalue weighted by Crippen LogP contribution is -2.01. The van der Waals surface area contributed by atoms with Crippen LogP contribution in [0.15, 0.2) is 29.1 Å². The summed E-state index contributed by atoms with van der Waals surface area (Å²) in [5.41, 5.74) is 7.33. The van der Waals surface area contributed by atoms with Crippen LogP contribution in [-0.2, 0) is 7.05 Å². The van der Waals surface area contributed by atoms with Gasteiger partial charge in [0.1, 0.15) is 0 Å². The van der Waals surface area contributed by atoms with Crippen molar-refractivity contribution in [1.82, 2.24) is 9.78 Å². The monoisotopic (exact) mass is 216 g/mol. The molecule has 0 saturated heterocycles. The van der Waals surface area contributed by atoms with Crippen molar-refractivity contribution in [3.8, 4) is 0 Å². The molecule has 0 aromatic carbocycles. The minimum absolute atomic E-state index is 1.16. The highest BCUT2D eigenvalue weighted by Gasteiger charge is 2.16. The van der Waals surface area contributed by atoms with Gasteiger partial charge in [-0.25, -0.2) is 0 Å². The van der Waals surface area contributed by atoms with Crippen molar-refractivity contribution in [3.05, 3.63) is 34.7 Å². The summed E-state index contributed by atoms with van der Waals surface area (Å²) in [6.07, 6.45) is 7.65. The highest BCUT2D eigenvalue weighted by Crippen LogP contribution is 2.36. The Labute approximate surface area is 97.7 Å². The fourth-order valence-electron chi connectivity index (χ4n) is 2.52. The van der Waals surface area contributed by atoms with Crippen LogP contribution in [0.4, 0.5) is 0 Å². The molecular formula is C14H20N2. The Morgan fingerprint density at radius 1 is 1.25 bits per heavy atom. The van der Waals surface area contributed by atoms with Crippen LogP contribution >= 0.6 is 0 Å². The zero-order valence-electron chi connectivity index (χ0n) is 10.7. The van der Waals surface area contributed by atoms with Gasteiger partial charge in [0, 0.05) is 18.8 Å². The average Bonchev–Trinajstić information content (AvgIpc) is 2.69. The summed E-state index contributed by atoms with van der Waals surface area (Å²) in [7, 11) is 1.97. The smallest absolute Gasteiger partial charge is 0.0565 e. The first-order chi connectivity index (χ1) is 7.63. The number of aryl methyl sites for hydroxylation is 1. The SMILES string of the molecule is CCC1=C(C)C(C)=C(c2cnn(C)c2)CC1. The standard InChI is InChI=1S/C14H20N2/c1-5-12-6-7-14(11(3)10(12)2)13-8-15-16(4)9-13/h8-9H,5-7H2,1-4H3. The van der Waals surface area contributed by atoms with Crippen LogP contribution in [0.2, 0.25) is 0 Å². The third-order valence-electron chi connectivity index (χ3n) is 3.70. The minimum Gasteiger partial charge on any atom is -0.275 e. The summed E-state index contributed by atoms with van der Waals surface area (Å²) in [6.45, 7) is 6.75. The summed E-state index contributed by atoms with van der Waals surface area (Å²) < 4.78 is 1.88. The van der Waals surface area contributed by atoms with Crippen molar-refractivity contribution in [2.45, 2.75) is 40.0 Å². The lowest BCUT2D eigenvalue weighted by Gasteiger charge is -2.21. The lowest BCUT2D eigenvalue weighted by molar-refractivity contribution is 0.767. The zero-order valence-corrected chi connectivity index (χ0v) is 10.7. The summed E-state index contributed by atoms with van der Waals surface area (Å²) >= 11 is 0. The van der Waals surface area contributed by atoms with E-state index in [9.17, 15) is 0 Å². The van der Waals surface area contributed by atoms with Gasteiger partial charge in [0.25, 0.3) is 0 Å². The molecule has 0 aliphatic heterocycles. The van der Waals surface area contributed by atoms with Crippen molar-refractivity contribution < 1.29 is 0 Å². The summed E-state index contributed by atoms with van der Waals surface area (Å²) in [5.74, 6) is 0. The van der Waals surface area contributed by atoms with Crippen molar-refractivity contribution in [2.24, 2.45) is 7.05 Å². The van der Waals surface area contributed by atoms with E-state index >= 15 is 0 Å². The Morgan fingerprint density at radius 2 is 2.00 bits per heavy atom. The van der Waals surface area contributed by atoms with Crippen molar-refractivity contribution in [1.29, 1.82) is 0 Å². The number of aromatic nitrogens is 2. The highest BCUT2D eigenvalue weighted by atomic mass is 15.2. The van der Waals surface area contributed by atoms with E-state index in [-0.39, 0.29) is 0 Å². The zero-order chi connectivity index (χ0) is 11.7. The van der Waals surface area contributed by atoms with Gasteiger partial charge in [-0.2, -0.15) is 5.10 Å². The molecule has 0 spiro atoms. The minimum atomic E-state index is 1.16. The molecule has 0 bridgehead atoms. The molecule has 0 atom stereocenters. The van der Waals surface area contributed by atoms with Gasteiger partial charge in [-0.1, -0.05) is 12.5 Å². The van der Waals surface area contributed by atoms with Crippen LogP contribution < -0.4 is 0 Å². The van der Waals surface area contributed by atoms with E-state index < -0.39 is 0 Å². The maximum atomic E-state index is 4.26. The number of hydrogen-bond acceptors (Lipinski definition) is 1. The molecular weight excluding hydrogens is 196 g/mol. The van der Waals surface area contributed by atoms with Gasteiger partial charge in [-0.3, -0.25) is 4.68 Å². The Morgan fingerprint density at radius 3 is 2.56 bits per heavy atom. The van der Waals surface area contributed by atoms with E-state index in [0.29, 0.717) is 0 Å². The van der Waals surface area contributed by atoms with Crippen molar-refractivity contribution in [3.63, 3.8) is 0 Å². The largest absolute Gasteiger partial charge is 0.275 e. The summed E-state index contributed by atoms with van der Waals surface area (Å²) in [4.78, 5) is 0. The van der Waals surface area contributed by atoms with Crippen LogP contribution in [0.25, 0.3) is 5.57 Å². The fraction of sp³-hybridized carbons (Fsp3) is 0.500. The molecule has 0 fully saturated rings. The fourth-order valence-corrected chi connectivity index (χ4v) is 2.52. The maximum Gasteiger partial charge on any atom is 0.0565 e. The van der Waals surface area contributed by atoms with Gasteiger partial charge in [0.2, 0.25) is 0 Å². The number of hydrogen-bond donors (Lipinski definition) is 0. The molecule has 2 rings (SSSR count). The van der Waals surface area contributed by atoms with Crippen LogP contribution in [-0.4, -0.2) is 9.78 Å². The molecule has 1 aromatic heterocycles. The molecule has 2 nitrogen and oxygen atoms in total. The third-order valence-corrected chi connectivity index (χ3v) is 3.70. The van der Waals surface area contributed by atoms with Gasteiger partial charge in [-0.15, -0.1) is 0 Å². The van der Waals surface area contributed by atoms with E-state index in [4.69, 9.17) is 0 Å². The number of allylic oxidation sites excluding steroid dienone is 4. The normalized spacial score (nSPS) is 17.2. The van der Waals surface area contributed by atoms with Crippen LogP contribution in [0.1, 0.15) is 45.6 Å². The Balaban J connectivity index is 2.43. The van der Waals surface area contributed by atoms with Gasteiger partial charge in [0.05, 0.1) is 6.20 Å². The van der Waals surface area contributed by atoms with E-state index in [1.807, 2.05) is 17.9 Å². The van der Waals surface area contributed by atoms with E-state index in [1.165, 1.54) is 35.1 Å². The quantitative estimate of drug-likeness (QED) is 0.736. The first-order valence-electron chi connectivity index (χ1n) is 6.01. The Kier molecular flexibility index (Phi) is 2.99. The molecule has 0 unspecified atom stereocenters. The molecule has 1 aromatic rings. The van der Waals surface area contributed by atoms with E-state index in [2.05, 4.69) is 32.1 Å². The van der Waals surface area contributed by atoms with E-state index in [0.717, 1.165) is 6.42 Å². The molecule has 1 heterocycles. The van der Waals surface area contributed by atoms with Crippen molar-refractivity contribution in [2.75, 3.05) is 0 Å². The second kappa shape index (κ2) is 4.28. The Hall–Kier alpha value is -1.31. The lowest BCUT2D eigenvalue weighted by atomic mass is 9.84. The number of rotatable bonds is 2. The highest BCUT2D eigenvalue weighted by molar-refractivity contribution is 5.73. The van der Waals surface area contributed by atoms with Crippen molar-refractivity contribution >= 4 is 5.57 Å². The van der Waals surface area contributed by atoms with Crippen LogP contribution in [0.3, 0.4) is 0 Å². The third kappa shape index (κ3) is 1.84. The van der Waals surface area contributed by atoms with Gasteiger partial charge in [0.15, 0.2) is 0 Å². The van der Waals surface area contributed by atoms with E-state index in [1.54, 1.807) is 5.57 Å². The average molecular weight is 216 g/mol. The van der Waals surface area contributed by atoms with Crippen LogP contribution in [0, 0.1) is 0 Å². The number of nitrogens with zero attached hydrogens (tertiary/aromatic N) is 2. The second-order valence-electron chi connectivity index (χ2n) is 4.59. The van der Waals surface area contributed by atoms with Gasteiger partial charge < -0.3 is 0 Å². The topological polar surface area (TPSA) is 17.8 Å². The first kappa shape index (κ1) is 11.2.